The molecule has 0 saturated carbocycles. The molecule has 0 bridgehead atoms. The minimum Gasteiger partial charge on any atom is -0.400 e. The number of aryl methyl sites for hydroxylation is 2. The second-order valence-electron chi connectivity index (χ2n) is 8.25. The van der Waals surface area contributed by atoms with Gasteiger partial charge in [0.2, 0.25) is 0 Å². The van der Waals surface area contributed by atoms with Gasteiger partial charge >= 0.3 is 15.6 Å². The molecule has 0 saturated heterocycles. The van der Waals surface area contributed by atoms with Crippen LogP contribution in [0.25, 0.3) is 22.5 Å². The van der Waals surface area contributed by atoms with Gasteiger partial charge in [0.25, 0.3) is 0 Å². The van der Waals surface area contributed by atoms with Crippen LogP contribution >= 0.6 is 0 Å². The van der Waals surface area contributed by atoms with E-state index in [0.29, 0.717) is 5.92 Å². The Bertz CT molecular complexity index is 1370. The fourth-order valence-corrected chi connectivity index (χ4v) is 2.82. The van der Waals surface area contributed by atoms with Crippen LogP contribution in [0.4, 0.5) is 13.2 Å². The van der Waals surface area contributed by atoms with Crippen molar-refractivity contribution in [3.63, 3.8) is 0 Å². The maximum Gasteiger partial charge on any atom is 0.522 e. The van der Waals surface area contributed by atoms with E-state index in [-0.39, 0.29) is 20.1 Å². The van der Waals surface area contributed by atoms with E-state index >= 15 is 0 Å². The van der Waals surface area contributed by atoms with E-state index in [1.54, 1.807) is 12.4 Å². The van der Waals surface area contributed by atoms with Crippen LogP contribution in [-0.4, -0.2) is 52.9 Å². The third-order valence-electron chi connectivity index (χ3n) is 5.10. The third kappa shape index (κ3) is 14.8. The van der Waals surface area contributed by atoms with Crippen LogP contribution in [0.5, 0.6) is 0 Å². The smallest absolute Gasteiger partial charge is 0.400 e. The standard InChI is InChI=1S/C14H14N.C13H12N.CHF3O3S.2CH4O.Ir/c1-11(2)12-6-8-13(9-7-12)14-5-3-4-10-15-14;1-10-6-7-12(9-11(10)2)13-5-3-4-8-14-13;2-1(3,4)8(5,6)7;2*1-2;/h3-8,10-11H,1-2H3;3-6,8-9H,1-2H3;(H,5,6,7);2*2H,1H3;/q2*-1;;;;. The molecular weight excluding hydrogens is 750 g/mol. The summed E-state index contributed by atoms with van der Waals surface area (Å²) in [6, 6.07) is 28.7. The molecule has 2 heterocycles. The summed E-state index contributed by atoms with van der Waals surface area (Å²) in [5, 5.41) is 14.0. The Balaban J connectivity index is 0. The van der Waals surface area contributed by atoms with Crippen LogP contribution in [0, 0.1) is 26.0 Å². The first-order valence-electron chi connectivity index (χ1n) is 12.1. The molecule has 42 heavy (non-hydrogen) atoms. The number of rotatable bonds is 3. The summed E-state index contributed by atoms with van der Waals surface area (Å²) in [5.74, 6) is 0.555. The molecule has 0 aliphatic carbocycles. The van der Waals surface area contributed by atoms with E-state index in [4.69, 9.17) is 23.2 Å². The molecule has 0 spiro atoms. The number of hydrogen-bond donors (Lipinski definition) is 3. The molecule has 233 valence electrons. The third-order valence-corrected chi connectivity index (χ3v) is 5.69. The van der Waals surface area contributed by atoms with Gasteiger partial charge in [0.15, 0.2) is 0 Å². The fraction of sp³-hybridized carbons (Fsp3) is 0.267. The van der Waals surface area contributed by atoms with E-state index in [0.717, 1.165) is 36.7 Å². The quantitative estimate of drug-likeness (QED) is 0.124. The van der Waals surface area contributed by atoms with Gasteiger partial charge in [0, 0.05) is 46.7 Å². The molecule has 1 radical (unpaired) electrons. The second kappa shape index (κ2) is 20.8. The molecule has 0 amide bonds. The van der Waals surface area contributed by atoms with Gasteiger partial charge in [-0.05, 0) is 23.5 Å². The van der Waals surface area contributed by atoms with Gasteiger partial charge < -0.3 is 20.2 Å². The van der Waals surface area contributed by atoms with Gasteiger partial charge in [-0.3, -0.25) is 4.55 Å². The summed E-state index contributed by atoms with van der Waals surface area (Å²) in [6.45, 7) is 8.57. The van der Waals surface area contributed by atoms with Gasteiger partial charge in [-0.1, -0.05) is 57.9 Å². The number of hydrogen-bond acceptors (Lipinski definition) is 6. The molecule has 2 aromatic heterocycles. The summed E-state index contributed by atoms with van der Waals surface area (Å²) < 4.78 is 57.5. The summed E-state index contributed by atoms with van der Waals surface area (Å²) >= 11 is 0. The van der Waals surface area contributed by atoms with E-state index in [1.807, 2.05) is 42.5 Å². The molecule has 4 aromatic rings. The predicted molar refractivity (Wildman–Crippen MR) is 154 cm³/mol. The zero-order chi connectivity index (χ0) is 31.6. The number of halogens is 3. The average Bonchev–Trinajstić information content (AvgIpc) is 2.97. The summed E-state index contributed by atoms with van der Waals surface area (Å²) in [6.07, 6.45) is 3.61. The van der Waals surface area contributed by atoms with E-state index in [9.17, 15) is 13.2 Å². The van der Waals surface area contributed by atoms with Crippen molar-refractivity contribution in [2.24, 2.45) is 0 Å². The molecule has 12 heteroatoms. The van der Waals surface area contributed by atoms with Crippen molar-refractivity contribution in [3.8, 4) is 22.5 Å². The number of aromatic nitrogens is 2. The van der Waals surface area contributed by atoms with Gasteiger partial charge in [-0.25, -0.2) is 0 Å². The van der Waals surface area contributed by atoms with Gasteiger partial charge in [-0.15, -0.1) is 70.3 Å². The van der Waals surface area contributed by atoms with Gasteiger partial charge in [0.05, 0.1) is 0 Å². The number of nitrogens with zero attached hydrogens (tertiary/aromatic N) is 2. The summed E-state index contributed by atoms with van der Waals surface area (Å²) in [7, 11) is -3.84. The Morgan fingerprint density at radius 3 is 1.55 bits per heavy atom. The summed E-state index contributed by atoms with van der Waals surface area (Å²) in [4.78, 5) is 8.58. The Morgan fingerprint density at radius 2 is 1.21 bits per heavy atom. The molecule has 0 fully saturated rings. The van der Waals surface area contributed by atoms with Crippen molar-refractivity contribution in [2.75, 3.05) is 14.2 Å². The van der Waals surface area contributed by atoms with Crippen LogP contribution in [-0.2, 0) is 30.2 Å². The molecule has 0 aliphatic rings. The van der Waals surface area contributed by atoms with Crippen LogP contribution in [0.2, 0.25) is 0 Å². The Kier molecular flexibility index (Phi) is 20.4. The van der Waals surface area contributed by atoms with Crippen molar-refractivity contribution in [3.05, 3.63) is 108 Å². The molecule has 4 rings (SSSR count). The van der Waals surface area contributed by atoms with E-state index in [2.05, 4.69) is 74.1 Å². The molecule has 7 nitrogen and oxygen atoms in total. The molecular formula is C30H35F3IrN2O5S-2. The number of alkyl halides is 3. The normalized spacial score (nSPS) is 10.1. The first-order valence-corrected chi connectivity index (χ1v) is 13.5. The largest absolute Gasteiger partial charge is 0.522 e. The van der Waals surface area contributed by atoms with Crippen LogP contribution in [0.3, 0.4) is 0 Å². The maximum atomic E-state index is 10.7. The summed E-state index contributed by atoms with van der Waals surface area (Å²) in [5.41, 5.74) is 2.41. The number of aliphatic hydroxyl groups is 2. The molecule has 0 unspecified atom stereocenters. The van der Waals surface area contributed by atoms with Crippen molar-refractivity contribution < 1.29 is 56.5 Å². The Morgan fingerprint density at radius 1 is 0.762 bits per heavy atom. The zero-order valence-electron chi connectivity index (χ0n) is 24.0. The van der Waals surface area contributed by atoms with Crippen LogP contribution < -0.4 is 0 Å². The Hall–Kier alpha value is -2.99. The number of benzene rings is 2. The number of aliphatic hydroxyl groups excluding tert-OH is 2. The molecule has 3 N–H and O–H groups in total. The second-order valence-corrected chi connectivity index (χ2v) is 9.67. The van der Waals surface area contributed by atoms with Gasteiger partial charge in [-0.2, -0.15) is 21.6 Å². The minimum absolute atomic E-state index is 0. The van der Waals surface area contributed by atoms with Crippen LogP contribution in [0.1, 0.15) is 36.5 Å². The van der Waals surface area contributed by atoms with Crippen molar-refractivity contribution in [2.45, 2.75) is 39.1 Å². The topological polar surface area (TPSA) is 121 Å². The SMILES string of the molecule is CC(C)c1c[c-]c(-c2ccccn2)cc1.CO.CO.Cc1c[c-]c(-c2ccccn2)cc1C.O=S(=O)(O)C(F)(F)F.[Ir]. The minimum atomic E-state index is -5.84. The molecule has 0 aliphatic heterocycles. The molecule has 2 aromatic carbocycles. The Labute approximate surface area is 259 Å². The predicted octanol–water partition coefficient (Wildman–Crippen LogP) is 6.45. The molecule has 0 atom stereocenters. The van der Waals surface area contributed by atoms with Gasteiger partial charge in [0.1, 0.15) is 0 Å². The first kappa shape index (κ1) is 41.1. The average molecular weight is 785 g/mol. The fourth-order valence-electron chi connectivity index (χ4n) is 2.82. The van der Waals surface area contributed by atoms with Crippen molar-refractivity contribution in [1.82, 2.24) is 9.97 Å². The zero-order valence-corrected chi connectivity index (χ0v) is 27.2. The monoisotopic (exact) mass is 785 g/mol. The van der Waals surface area contributed by atoms with Crippen molar-refractivity contribution in [1.29, 1.82) is 0 Å². The van der Waals surface area contributed by atoms with E-state index < -0.39 is 15.6 Å². The van der Waals surface area contributed by atoms with Crippen molar-refractivity contribution >= 4 is 10.1 Å². The first-order chi connectivity index (χ1) is 19.3. The maximum absolute atomic E-state index is 10.7. The van der Waals surface area contributed by atoms with E-state index in [1.165, 1.54) is 16.7 Å². The number of pyridine rings is 2. The van der Waals surface area contributed by atoms with Crippen LogP contribution in [0.15, 0.2) is 79.1 Å².